The summed E-state index contributed by atoms with van der Waals surface area (Å²) in [4.78, 5) is 32.2. The van der Waals surface area contributed by atoms with E-state index in [1.54, 1.807) is 24.4 Å². The maximum absolute atomic E-state index is 13.5. The average Bonchev–Trinajstić information content (AvgIpc) is 3.16. The Morgan fingerprint density at radius 1 is 1.05 bits per heavy atom. The molecule has 0 saturated carbocycles. The second-order valence-corrected chi connectivity index (χ2v) is 9.60. The molecule has 1 atom stereocenters. The second kappa shape index (κ2) is 13.3. The van der Waals surface area contributed by atoms with Crippen molar-refractivity contribution in [2.24, 2.45) is 0 Å². The van der Waals surface area contributed by atoms with Crippen molar-refractivity contribution in [3.63, 3.8) is 0 Å². The van der Waals surface area contributed by atoms with Crippen LogP contribution in [0.5, 0.6) is 11.5 Å². The number of nitrogens with zero attached hydrogens (tertiary/aromatic N) is 2. The minimum Gasteiger partial charge on any atom is -0.493 e. The van der Waals surface area contributed by atoms with Gasteiger partial charge >= 0.3 is 6.18 Å². The zero-order valence-corrected chi connectivity index (χ0v) is 22.2. The predicted octanol–water partition coefficient (Wildman–Crippen LogP) is 4.97. The number of pyridine rings is 1. The molecule has 0 aliphatic carbocycles. The summed E-state index contributed by atoms with van der Waals surface area (Å²) in [7, 11) is 1.51. The first-order valence-corrected chi connectivity index (χ1v) is 13.2. The quantitative estimate of drug-likeness (QED) is 0.382. The smallest absolute Gasteiger partial charge is 0.416 e. The van der Waals surface area contributed by atoms with Crippen LogP contribution in [0.4, 0.5) is 13.2 Å². The SMILES string of the molecule is COc1cc(CN(C(=O)Cc2cccc(C(F)(F)F)c2)[C@H]2CCCCNC2=O)ccc1OCCc1ccccn1. The van der Waals surface area contributed by atoms with Crippen LogP contribution >= 0.6 is 0 Å². The number of halogens is 3. The largest absolute Gasteiger partial charge is 0.493 e. The topological polar surface area (TPSA) is 80.8 Å². The highest BCUT2D eigenvalue weighted by atomic mass is 19.4. The fraction of sp³-hybridized carbons (Fsp3) is 0.367. The molecule has 0 unspecified atom stereocenters. The number of amides is 2. The molecule has 1 aromatic heterocycles. The van der Waals surface area contributed by atoms with Crippen LogP contribution in [0.1, 0.15) is 41.6 Å². The number of methoxy groups -OCH3 is 1. The van der Waals surface area contributed by atoms with Crippen molar-refractivity contribution in [2.75, 3.05) is 20.3 Å². The van der Waals surface area contributed by atoms with Crippen LogP contribution in [0.3, 0.4) is 0 Å². The number of aromatic nitrogens is 1. The third-order valence-corrected chi connectivity index (χ3v) is 6.74. The van der Waals surface area contributed by atoms with Crippen molar-refractivity contribution in [3.05, 3.63) is 89.2 Å². The van der Waals surface area contributed by atoms with Gasteiger partial charge in [-0.1, -0.05) is 30.3 Å². The Bertz CT molecular complexity index is 1300. The van der Waals surface area contributed by atoms with E-state index in [2.05, 4.69) is 10.3 Å². The lowest BCUT2D eigenvalue weighted by molar-refractivity contribution is -0.141. The molecule has 1 aliphatic heterocycles. The van der Waals surface area contributed by atoms with E-state index in [9.17, 15) is 22.8 Å². The van der Waals surface area contributed by atoms with Crippen molar-refractivity contribution in [1.29, 1.82) is 0 Å². The number of benzene rings is 2. The van der Waals surface area contributed by atoms with E-state index >= 15 is 0 Å². The van der Waals surface area contributed by atoms with Crippen LogP contribution in [0.25, 0.3) is 0 Å². The zero-order chi connectivity index (χ0) is 28.5. The Labute approximate surface area is 231 Å². The van der Waals surface area contributed by atoms with E-state index in [-0.39, 0.29) is 24.4 Å². The second-order valence-electron chi connectivity index (χ2n) is 9.60. The maximum Gasteiger partial charge on any atom is 0.416 e. The van der Waals surface area contributed by atoms with E-state index in [1.165, 1.54) is 24.1 Å². The lowest BCUT2D eigenvalue weighted by Gasteiger charge is -2.30. The van der Waals surface area contributed by atoms with E-state index in [4.69, 9.17) is 9.47 Å². The van der Waals surface area contributed by atoms with E-state index in [1.807, 2.05) is 18.2 Å². The van der Waals surface area contributed by atoms with Crippen molar-refractivity contribution >= 4 is 11.8 Å². The molecule has 0 radical (unpaired) electrons. The molecule has 2 amide bonds. The maximum atomic E-state index is 13.5. The molecule has 2 aromatic carbocycles. The van der Waals surface area contributed by atoms with Gasteiger partial charge in [-0.15, -0.1) is 0 Å². The molecule has 4 rings (SSSR count). The van der Waals surface area contributed by atoms with Gasteiger partial charge in [0.05, 0.1) is 25.7 Å². The predicted molar refractivity (Wildman–Crippen MR) is 143 cm³/mol. The molecule has 40 heavy (non-hydrogen) atoms. The van der Waals surface area contributed by atoms with Gasteiger partial charge < -0.3 is 19.7 Å². The number of nitrogens with one attached hydrogen (secondary N) is 1. The van der Waals surface area contributed by atoms with E-state index < -0.39 is 23.7 Å². The molecular weight excluding hydrogens is 523 g/mol. The normalized spacial score (nSPS) is 15.6. The number of carbonyl (C=O) groups is 2. The number of ether oxygens (including phenoxy) is 2. The molecule has 1 fully saturated rings. The highest BCUT2D eigenvalue weighted by molar-refractivity contribution is 5.88. The summed E-state index contributed by atoms with van der Waals surface area (Å²) >= 11 is 0. The highest BCUT2D eigenvalue weighted by Gasteiger charge is 2.33. The Morgan fingerprint density at radius 3 is 2.65 bits per heavy atom. The number of alkyl halides is 3. The summed E-state index contributed by atoms with van der Waals surface area (Å²) in [6, 6.07) is 14.9. The summed E-state index contributed by atoms with van der Waals surface area (Å²) in [6.07, 6.45) is -0.456. The lowest BCUT2D eigenvalue weighted by atomic mass is 10.0. The van der Waals surface area contributed by atoms with Gasteiger partial charge in [-0.05, 0) is 60.7 Å². The van der Waals surface area contributed by atoms with Crippen molar-refractivity contribution < 1.29 is 32.2 Å². The van der Waals surface area contributed by atoms with Gasteiger partial charge in [0, 0.05) is 31.4 Å². The van der Waals surface area contributed by atoms with Gasteiger partial charge in [0.25, 0.3) is 0 Å². The van der Waals surface area contributed by atoms with Crippen LogP contribution in [-0.2, 0) is 35.2 Å². The van der Waals surface area contributed by atoms with Crippen LogP contribution < -0.4 is 14.8 Å². The molecule has 0 spiro atoms. The van der Waals surface area contributed by atoms with Crippen LogP contribution in [0, 0.1) is 0 Å². The fourth-order valence-electron chi connectivity index (χ4n) is 4.66. The van der Waals surface area contributed by atoms with Crippen LogP contribution in [0.2, 0.25) is 0 Å². The number of carbonyl (C=O) groups excluding carboxylic acids is 2. The number of rotatable bonds is 10. The molecule has 10 heteroatoms. The van der Waals surface area contributed by atoms with Gasteiger partial charge in [-0.25, -0.2) is 0 Å². The first kappa shape index (κ1) is 28.9. The van der Waals surface area contributed by atoms with Crippen molar-refractivity contribution in [3.8, 4) is 11.5 Å². The van der Waals surface area contributed by atoms with E-state index in [0.717, 1.165) is 30.7 Å². The van der Waals surface area contributed by atoms with Crippen LogP contribution in [0.15, 0.2) is 66.9 Å². The average molecular weight is 556 g/mol. The van der Waals surface area contributed by atoms with Crippen molar-refractivity contribution in [2.45, 2.75) is 50.9 Å². The Morgan fingerprint density at radius 2 is 1.90 bits per heavy atom. The third kappa shape index (κ3) is 7.74. The Hall–Kier alpha value is -4.08. The lowest BCUT2D eigenvalue weighted by Crippen LogP contribution is -2.48. The molecule has 3 aromatic rings. The number of hydrogen-bond acceptors (Lipinski definition) is 5. The standard InChI is InChI=1S/C30H32F3N3O4/c1-39-27-18-22(11-12-26(27)40-16-13-24-9-2-4-14-34-24)20-36(25-10-3-5-15-35-29(25)38)28(37)19-21-7-6-8-23(17-21)30(31,32)33/h2,4,6-9,11-12,14,17-18,25H,3,5,10,13,15-16,19-20H2,1H3,(H,35,38)/t25-/m0/s1. The van der Waals surface area contributed by atoms with Gasteiger partial charge in [0.2, 0.25) is 11.8 Å². The van der Waals surface area contributed by atoms with Crippen molar-refractivity contribution in [1.82, 2.24) is 15.2 Å². The van der Waals surface area contributed by atoms with Gasteiger partial charge in [-0.3, -0.25) is 14.6 Å². The summed E-state index contributed by atoms with van der Waals surface area (Å²) in [6.45, 7) is 0.986. The highest BCUT2D eigenvalue weighted by Crippen LogP contribution is 2.31. The van der Waals surface area contributed by atoms with E-state index in [0.29, 0.717) is 43.1 Å². The fourth-order valence-corrected chi connectivity index (χ4v) is 4.66. The summed E-state index contributed by atoms with van der Waals surface area (Å²) in [5.41, 5.74) is 1.01. The number of hydrogen-bond donors (Lipinski definition) is 1. The van der Waals surface area contributed by atoms with Gasteiger partial charge in [0.1, 0.15) is 6.04 Å². The molecule has 212 valence electrons. The molecule has 1 saturated heterocycles. The molecular formula is C30H32F3N3O4. The van der Waals surface area contributed by atoms with Crippen LogP contribution in [-0.4, -0.2) is 48.0 Å². The first-order valence-electron chi connectivity index (χ1n) is 13.2. The summed E-state index contributed by atoms with van der Waals surface area (Å²) in [5.74, 6) is 0.290. The first-order chi connectivity index (χ1) is 19.2. The minimum absolute atomic E-state index is 0.0838. The Kier molecular flexibility index (Phi) is 9.63. The van der Waals surface area contributed by atoms with Gasteiger partial charge in [-0.2, -0.15) is 13.2 Å². The molecule has 1 aliphatic rings. The van der Waals surface area contributed by atoms with Gasteiger partial charge in [0.15, 0.2) is 11.5 Å². The summed E-state index contributed by atoms with van der Waals surface area (Å²) < 4.78 is 51.1. The monoisotopic (exact) mass is 555 g/mol. The third-order valence-electron chi connectivity index (χ3n) is 6.74. The molecule has 0 bridgehead atoms. The zero-order valence-electron chi connectivity index (χ0n) is 22.2. The Balaban J connectivity index is 1.53. The summed E-state index contributed by atoms with van der Waals surface area (Å²) in [5, 5.41) is 2.85. The molecule has 7 nitrogen and oxygen atoms in total. The molecule has 2 heterocycles. The molecule has 1 N–H and O–H groups in total. The minimum atomic E-state index is -4.52.